The lowest BCUT2D eigenvalue weighted by Crippen LogP contribution is -2.43. The quantitative estimate of drug-likeness (QED) is 0.590. The van der Waals surface area contributed by atoms with Crippen molar-refractivity contribution in [3.63, 3.8) is 0 Å². The molecule has 0 spiro atoms. The van der Waals surface area contributed by atoms with E-state index >= 15 is 0 Å². The lowest BCUT2D eigenvalue weighted by atomic mass is 9.83. The zero-order chi connectivity index (χ0) is 24.0. The Balaban J connectivity index is 1.58. The van der Waals surface area contributed by atoms with E-state index < -0.39 is 17.1 Å². The minimum atomic E-state index is -0.697. The van der Waals surface area contributed by atoms with Crippen molar-refractivity contribution < 1.29 is 28.6 Å². The fourth-order valence-corrected chi connectivity index (χ4v) is 7.37. The molecule has 4 heterocycles. The van der Waals surface area contributed by atoms with Gasteiger partial charge in [-0.05, 0) is 17.7 Å². The lowest BCUT2D eigenvalue weighted by Gasteiger charge is -2.31. The molecule has 2 saturated heterocycles. The van der Waals surface area contributed by atoms with Crippen LogP contribution in [0.25, 0.3) is 0 Å². The number of nitrogens with one attached hydrogen (secondary N) is 1. The van der Waals surface area contributed by atoms with Gasteiger partial charge in [-0.1, -0.05) is 29.2 Å². The van der Waals surface area contributed by atoms with Crippen molar-refractivity contribution >= 4 is 40.8 Å². The molecule has 3 aliphatic heterocycles. The maximum atomic E-state index is 13.1. The van der Waals surface area contributed by atoms with Gasteiger partial charge in [0, 0.05) is 23.9 Å². The highest BCUT2D eigenvalue weighted by Crippen LogP contribution is 2.52. The monoisotopic (exact) mass is 505 g/mol. The van der Waals surface area contributed by atoms with Crippen molar-refractivity contribution in [1.82, 2.24) is 14.8 Å². The molecule has 10 nitrogen and oxygen atoms in total. The fraction of sp³-hybridized carbons (Fsp3) is 0.455. The summed E-state index contributed by atoms with van der Waals surface area (Å²) in [6.07, 6.45) is 0. The third-order valence-electron chi connectivity index (χ3n) is 6.31. The summed E-state index contributed by atoms with van der Waals surface area (Å²) in [7, 11) is 3.05. The summed E-state index contributed by atoms with van der Waals surface area (Å²) in [5.41, 5.74) is 0.729. The minimum absolute atomic E-state index is 0.122. The van der Waals surface area contributed by atoms with Crippen LogP contribution in [-0.2, 0) is 25.7 Å². The molecule has 12 heteroatoms. The maximum Gasteiger partial charge on any atom is 0.308 e. The van der Waals surface area contributed by atoms with E-state index in [4.69, 9.17) is 14.2 Å². The molecule has 0 radical (unpaired) electrons. The third-order valence-corrected chi connectivity index (χ3v) is 8.93. The third kappa shape index (κ3) is 3.79. The van der Waals surface area contributed by atoms with Gasteiger partial charge in [-0.15, -0.1) is 0 Å². The molecule has 0 saturated carbocycles. The highest BCUT2D eigenvalue weighted by molar-refractivity contribution is 8.00. The summed E-state index contributed by atoms with van der Waals surface area (Å²) in [4.78, 5) is 53.5. The number of thiazole rings is 1. The number of thioether (sulfide) groups is 1. The molecule has 34 heavy (non-hydrogen) atoms. The molecule has 3 aliphatic rings. The summed E-state index contributed by atoms with van der Waals surface area (Å²) in [5.74, 6) is -1.14. The molecule has 1 aromatic carbocycles. The Hall–Kier alpha value is -2.83. The molecule has 5 rings (SSSR count). The average Bonchev–Trinajstić information content (AvgIpc) is 3.32. The zero-order valence-corrected chi connectivity index (χ0v) is 20.2. The highest BCUT2D eigenvalue weighted by atomic mass is 32.2. The number of aromatic nitrogens is 1. The molecular weight excluding hydrogens is 482 g/mol. The molecular formula is C22H23N3O7S2. The number of nitrogens with zero attached hydrogens (tertiary/aromatic N) is 2. The number of amides is 3. The van der Waals surface area contributed by atoms with Gasteiger partial charge in [0.05, 0.1) is 38.4 Å². The number of carbonyl (C=O) groups is 3. The Kier molecular flexibility index (Phi) is 6.13. The van der Waals surface area contributed by atoms with E-state index in [1.54, 1.807) is 17.0 Å². The Morgan fingerprint density at radius 1 is 1.12 bits per heavy atom. The SMILES string of the molecule is COc1ccc([C@@H]2c3sc(=O)n(CC(=O)N4CCOCC4)c3S[C@@H]3C(=O)NC(=O)[C@H]23)cc1OC. The molecule has 2 aromatic rings. The van der Waals surface area contributed by atoms with E-state index in [9.17, 15) is 19.2 Å². The Morgan fingerprint density at radius 3 is 2.56 bits per heavy atom. The average molecular weight is 506 g/mol. The van der Waals surface area contributed by atoms with Crippen LogP contribution in [-0.4, -0.2) is 73.0 Å². The number of benzene rings is 1. The number of hydrogen-bond acceptors (Lipinski definition) is 9. The number of imide groups is 1. The van der Waals surface area contributed by atoms with Crippen LogP contribution in [0.4, 0.5) is 0 Å². The second-order valence-electron chi connectivity index (χ2n) is 8.13. The Morgan fingerprint density at radius 2 is 1.85 bits per heavy atom. The number of hydrogen-bond donors (Lipinski definition) is 1. The van der Waals surface area contributed by atoms with Crippen molar-refractivity contribution in [2.75, 3.05) is 40.5 Å². The minimum Gasteiger partial charge on any atom is -0.493 e. The van der Waals surface area contributed by atoms with Gasteiger partial charge in [0.25, 0.3) is 0 Å². The van der Waals surface area contributed by atoms with Gasteiger partial charge in [-0.3, -0.25) is 29.1 Å². The van der Waals surface area contributed by atoms with Crippen LogP contribution in [0.1, 0.15) is 16.4 Å². The summed E-state index contributed by atoms with van der Waals surface area (Å²) in [5, 5.41) is 2.29. The van der Waals surface area contributed by atoms with Crippen molar-refractivity contribution in [2.45, 2.75) is 22.7 Å². The van der Waals surface area contributed by atoms with Crippen molar-refractivity contribution in [3.05, 3.63) is 38.3 Å². The molecule has 0 bridgehead atoms. The lowest BCUT2D eigenvalue weighted by molar-refractivity contribution is -0.136. The van der Waals surface area contributed by atoms with Crippen LogP contribution in [0.3, 0.4) is 0 Å². The number of rotatable bonds is 5. The number of methoxy groups -OCH3 is 2. The van der Waals surface area contributed by atoms with E-state index in [0.717, 1.165) is 16.9 Å². The number of fused-ring (bicyclic) bond motifs is 2. The Labute approximate surface area is 203 Å². The van der Waals surface area contributed by atoms with Crippen LogP contribution in [0.5, 0.6) is 11.5 Å². The van der Waals surface area contributed by atoms with Crippen molar-refractivity contribution in [1.29, 1.82) is 0 Å². The molecule has 1 aromatic heterocycles. The fourth-order valence-electron chi connectivity index (χ4n) is 4.63. The van der Waals surface area contributed by atoms with Crippen LogP contribution in [0.2, 0.25) is 0 Å². The van der Waals surface area contributed by atoms with Crippen molar-refractivity contribution in [3.8, 4) is 11.5 Å². The van der Waals surface area contributed by atoms with Crippen LogP contribution in [0.15, 0.2) is 28.0 Å². The van der Waals surface area contributed by atoms with E-state index in [-0.39, 0.29) is 29.1 Å². The standard InChI is InChI=1S/C22H23N3O7S2/c1-30-12-4-3-11(9-13(12)31-2)15-16-17(20(28)23-19(16)27)33-21-18(15)34-22(29)25(21)10-14(26)24-5-7-32-8-6-24/h3-4,9,15-17H,5-8,10H2,1-2H3,(H,23,27,28)/t15-,16+,17-/m0/s1. The molecule has 3 atom stereocenters. The molecule has 0 unspecified atom stereocenters. The van der Waals surface area contributed by atoms with Crippen molar-refractivity contribution in [2.24, 2.45) is 5.92 Å². The summed E-state index contributed by atoms with van der Waals surface area (Å²) in [6, 6.07) is 5.32. The van der Waals surface area contributed by atoms with Gasteiger partial charge < -0.3 is 19.1 Å². The normalized spacial score (nSPS) is 23.8. The summed E-state index contributed by atoms with van der Waals surface area (Å²) in [6.45, 7) is 1.75. The second-order valence-corrected chi connectivity index (χ2v) is 10.2. The predicted octanol–water partition coefficient (Wildman–Crippen LogP) is 0.665. The largest absolute Gasteiger partial charge is 0.493 e. The van der Waals surface area contributed by atoms with Crippen LogP contribution < -0.4 is 19.7 Å². The first kappa shape index (κ1) is 22.9. The first-order valence-corrected chi connectivity index (χ1v) is 12.4. The first-order chi connectivity index (χ1) is 16.4. The smallest absolute Gasteiger partial charge is 0.308 e. The molecule has 2 fully saturated rings. The predicted molar refractivity (Wildman–Crippen MR) is 124 cm³/mol. The van der Waals surface area contributed by atoms with E-state index in [1.807, 2.05) is 6.07 Å². The van der Waals surface area contributed by atoms with Gasteiger partial charge in [0.2, 0.25) is 17.7 Å². The molecule has 1 N–H and O–H groups in total. The van der Waals surface area contributed by atoms with Gasteiger partial charge in [-0.25, -0.2) is 0 Å². The van der Waals surface area contributed by atoms with E-state index in [0.29, 0.717) is 47.7 Å². The molecule has 180 valence electrons. The summed E-state index contributed by atoms with van der Waals surface area (Å²) < 4.78 is 17.5. The number of ether oxygens (including phenoxy) is 3. The van der Waals surface area contributed by atoms with Gasteiger partial charge in [0.15, 0.2) is 11.5 Å². The van der Waals surface area contributed by atoms with E-state index in [1.165, 1.54) is 30.5 Å². The van der Waals surface area contributed by atoms with Crippen LogP contribution >= 0.6 is 23.1 Å². The van der Waals surface area contributed by atoms with Crippen LogP contribution in [0, 0.1) is 5.92 Å². The Bertz CT molecular complexity index is 1220. The molecule has 0 aliphatic carbocycles. The molecule has 3 amide bonds. The topological polar surface area (TPSA) is 116 Å². The van der Waals surface area contributed by atoms with E-state index in [2.05, 4.69) is 5.32 Å². The summed E-state index contributed by atoms with van der Waals surface area (Å²) >= 11 is 2.19. The first-order valence-electron chi connectivity index (χ1n) is 10.7. The highest BCUT2D eigenvalue weighted by Gasteiger charge is 2.53. The zero-order valence-electron chi connectivity index (χ0n) is 18.6. The number of carbonyl (C=O) groups excluding carboxylic acids is 3. The van der Waals surface area contributed by atoms with Gasteiger partial charge in [0.1, 0.15) is 11.8 Å². The van der Waals surface area contributed by atoms with Gasteiger partial charge in [-0.2, -0.15) is 0 Å². The number of morpholine rings is 1. The second kappa shape index (κ2) is 9.08. The van der Waals surface area contributed by atoms with Gasteiger partial charge >= 0.3 is 4.87 Å². The maximum absolute atomic E-state index is 13.1.